The fraction of sp³-hybridized carbons (Fsp3) is 0.486. The maximum atomic E-state index is 14.2. The van der Waals surface area contributed by atoms with Crippen molar-refractivity contribution >= 4 is 41.0 Å². The Morgan fingerprint density at radius 1 is 1.02 bits per heavy atom. The average Bonchev–Trinajstić information content (AvgIpc) is 3.68. The van der Waals surface area contributed by atoms with Gasteiger partial charge >= 0.3 is 6.09 Å². The van der Waals surface area contributed by atoms with Crippen LogP contribution in [0.2, 0.25) is 0 Å². The van der Waals surface area contributed by atoms with Crippen LogP contribution in [0.1, 0.15) is 62.6 Å². The second-order valence-corrected chi connectivity index (χ2v) is 14.4. The van der Waals surface area contributed by atoms with E-state index in [-0.39, 0.29) is 48.6 Å². The van der Waals surface area contributed by atoms with Gasteiger partial charge in [-0.05, 0) is 92.1 Å². The minimum absolute atomic E-state index is 0.107. The van der Waals surface area contributed by atoms with Crippen LogP contribution in [0.15, 0.2) is 60.8 Å². The van der Waals surface area contributed by atoms with E-state index in [0.29, 0.717) is 11.8 Å². The maximum Gasteiger partial charge on any atom is 0.408 e. The third kappa shape index (κ3) is 6.87. The van der Waals surface area contributed by atoms with Gasteiger partial charge in [-0.25, -0.2) is 9.48 Å². The van der Waals surface area contributed by atoms with E-state index in [9.17, 15) is 14.4 Å². The van der Waals surface area contributed by atoms with Gasteiger partial charge in [-0.3, -0.25) is 9.59 Å². The largest absolute Gasteiger partial charge is 0.446 e. The smallest absolute Gasteiger partial charge is 0.408 e. The summed E-state index contributed by atoms with van der Waals surface area (Å²) in [5, 5.41) is 20.1. The summed E-state index contributed by atoms with van der Waals surface area (Å²) >= 11 is 5.11. The van der Waals surface area contributed by atoms with Crippen molar-refractivity contribution in [3.8, 4) is 0 Å². The summed E-state index contributed by atoms with van der Waals surface area (Å²) in [4.78, 5) is 44.2. The number of aryl methyl sites for hydroxylation is 1. The van der Waals surface area contributed by atoms with E-state index in [4.69, 9.17) is 17.0 Å². The number of tetrazole rings is 1. The van der Waals surface area contributed by atoms with Crippen LogP contribution >= 0.6 is 12.2 Å². The molecule has 4 aliphatic carbocycles. The Morgan fingerprint density at radius 2 is 1.73 bits per heavy atom. The first-order valence-electron chi connectivity index (χ1n) is 16.9. The zero-order valence-electron chi connectivity index (χ0n) is 27.0. The van der Waals surface area contributed by atoms with Crippen molar-refractivity contribution in [3.05, 3.63) is 76.7 Å². The van der Waals surface area contributed by atoms with Crippen molar-refractivity contribution in [1.82, 2.24) is 41.1 Å². The standard InChI is InChI=1S/C35H42N8O4S/c1-35(18-26-19-36-28-10-6-5-9-27(26)28,39-34(46)47-31-24-14-21-13-22(16-24)17-25(31)15-21)32(45)37-20-29(23-7-3-2-4-8-23)38-30(44)11-12-43-33(48)40-41-42-43/h2-10,19,21-22,24-25,29,31,36H,11-18,20H2,1H3,(H,37,45)(H,38,44)(H,39,46)(H,40,42,48)/t21?,22?,24?,25?,29-,31?,35+/m0/s1. The summed E-state index contributed by atoms with van der Waals surface area (Å²) in [5.74, 6) is 1.71. The van der Waals surface area contributed by atoms with Crippen LogP contribution in [0.25, 0.3) is 10.9 Å². The number of para-hydroxylation sites is 1. The molecule has 13 heteroatoms. The molecule has 0 radical (unpaired) electrons. The molecule has 4 aliphatic rings. The van der Waals surface area contributed by atoms with Crippen molar-refractivity contribution in [3.63, 3.8) is 0 Å². The first kappa shape index (κ1) is 32.0. The number of ether oxygens (including phenoxy) is 1. The zero-order valence-corrected chi connectivity index (χ0v) is 27.8. The molecular formula is C35H42N8O4S. The Labute approximate surface area is 283 Å². The molecule has 3 amide bonds. The van der Waals surface area contributed by atoms with Crippen LogP contribution in [0, 0.1) is 28.4 Å². The number of rotatable bonds is 12. The number of carbonyl (C=O) groups is 3. The summed E-state index contributed by atoms with van der Waals surface area (Å²) in [6.07, 6.45) is 7.38. The highest BCUT2D eigenvalue weighted by Crippen LogP contribution is 2.54. The predicted molar refractivity (Wildman–Crippen MR) is 181 cm³/mol. The topological polar surface area (TPSA) is 159 Å². The van der Waals surface area contributed by atoms with E-state index < -0.39 is 17.7 Å². The molecule has 2 atom stereocenters. The third-order valence-electron chi connectivity index (χ3n) is 10.6. The van der Waals surface area contributed by atoms with E-state index in [0.717, 1.165) is 59.5 Å². The van der Waals surface area contributed by atoms with E-state index in [1.807, 2.05) is 60.8 Å². The Hall–Kier alpha value is -4.52. The van der Waals surface area contributed by atoms with Crippen molar-refractivity contribution in [2.24, 2.45) is 23.7 Å². The number of hydrogen-bond acceptors (Lipinski definition) is 7. The molecule has 252 valence electrons. The zero-order chi connectivity index (χ0) is 33.3. The van der Waals surface area contributed by atoms with Gasteiger partial charge in [0.2, 0.25) is 16.6 Å². The van der Waals surface area contributed by atoms with Gasteiger partial charge in [0, 0.05) is 36.5 Å². The number of carbonyl (C=O) groups excluding carboxylic acids is 3. The molecule has 0 aliphatic heterocycles. The van der Waals surface area contributed by atoms with Gasteiger partial charge in [0.25, 0.3) is 0 Å². The van der Waals surface area contributed by atoms with Gasteiger partial charge in [0.15, 0.2) is 0 Å². The van der Waals surface area contributed by atoms with E-state index in [2.05, 4.69) is 36.5 Å². The number of nitrogens with zero attached hydrogens (tertiary/aromatic N) is 3. The molecule has 4 bridgehead atoms. The molecular weight excluding hydrogens is 629 g/mol. The van der Waals surface area contributed by atoms with Crippen LogP contribution in [-0.4, -0.2) is 61.3 Å². The van der Waals surface area contributed by atoms with Crippen LogP contribution in [0.5, 0.6) is 0 Å². The van der Waals surface area contributed by atoms with E-state index in [1.54, 1.807) is 6.92 Å². The quantitative estimate of drug-likeness (QED) is 0.136. The van der Waals surface area contributed by atoms with Gasteiger partial charge in [-0.1, -0.05) is 58.8 Å². The molecule has 4 saturated carbocycles. The van der Waals surface area contributed by atoms with Crippen LogP contribution < -0.4 is 16.0 Å². The molecule has 12 nitrogen and oxygen atoms in total. The van der Waals surface area contributed by atoms with Crippen molar-refractivity contribution in [2.45, 2.75) is 76.1 Å². The number of fused-ring (bicyclic) bond motifs is 1. The Bertz CT molecular complexity index is 1810. The number of aromatic amines is 2. The summed E-state index contributed by atoms with van der Waals surface area (Å²) in [7, 11) is 0. The number of amides is 3. The lowest BCUT2D eigenvalue weighted by Crippen LogP contribution is -2.60. The second-order valence-electron chi connectivity index (χ2n) is 14.0. The first-order chi connectivity index (χ1) is 23.2. The van der Waals surface area contributed by atoms with Gasteiger partial charge in [0.1, 0.15) is 11.6 Å². The van der Waals surface area contributed by atoms with E-state index >= 15 is 0 Å². The molecule has 5 N–H and O–H groups in total. The number of alkyl carbamates (subject to hydrolysis) is 1. The minimum Gasteiger partial charge on any atom is -0.446 e. The lowest BCUT2D eigenvalue weighted by atomic mass is 9.55. The Balaban J connectivity index is 1.07. The normalized spacial score (nSPS) is 24.5. The average molecular weight is 671 g/mol. The van der Waals surface area contributed by atoms with Gasteiger partial charge < -0.3 is 25.7 Å². The number of nitrogens with one attached hydrogen (secondary N) is 5. The highest BCUT2D eigenvalue weighted by atomic mass is 32.1. The summed E-state index contributed by atoms with van der Waals surface area (Å²) < 4.78 is 7.95. The molecule has 0 saturated heterocycles. The highest BCUT2D eigenvalue weighted by Gasteiger charge is 2.50. The van der Waals surface area contributed by atoms with Crippen molar-refractivity contribution in [1.29, 1.82) is 0 Å². The molecule has 2 heterocycles. The lowest BCUT2D eigenvalue weighted by Gasteiger charge is -2.53. The monoisotopic (exact) mass is 670 g/mol. The van der Waals surface area contributed by atoms with Crippen molar-refractivity contribution < 1.29 is 19.1 Å². The summed E-state index contributed by atoms with van der Waals surface area (Å²) in [6.45, 7) is 2.13. The summed E-state index contributed by atoms with van der Waals surface area (Å²) in [5.41, 5.74) is 1.34. The molecule has 2 aromatic heterocycles. The molecule has 4 fully saturated rings. The van der Waals surface area contributed by atoms with Crippen LogP contribution in [0.4, 0.5) is 4.79 Å². The van der Waals surface area contributed by atoms with Gasteiger partial charge in [-0.2, -0.15) is 5.21 Å². The predicted octanol–water partition coefficient (Wildman–Crippen LogP) is 4.73. The van der Waals surface area contributed by atoms with Gasteiger partial charge in [0.05, 0.1) is 12.6 Å². The Morgan fingerprint density at radius 3 is 2.44 bits per heavy atom. The lowest BCUT2D eigenvalue weighted by molar-refractivity contribution is -0.128. The number of hydrogen-bond donors (Lipinski definition) is 5. The van der Waals surface area contributed by atoms with E-state index in [1.165, 1.54) is 11.1 Å². The third-order valence-corrected chi connectivity index (χ3v) is 10.9. The molecule has 4 aromatic rings. The minimum atomic E-state index is -1.34. The van der Waals surface area contributed by atoms with Crippen LogP contribution in [-0.2, 0) is 27.3 Å². The molecule has 0 spiro atoms. The van der Waals surface area contributed by atoms with Crippen molar-refractivity contribution in [2.75, 3.05) is 6.54 Å². The first-order valence-corrected chi connectivity index (χ1v) is 17.3. The molecule has 8 rings (SSSR count). The maximum absolute atomic E-state index is 14.2. The van der Waals surface area contributed by atoms with Crippen LogP contribution in [0.3, 0.4) is 0 Å². The number of H-pyrrole nitrogens is 2. The number of benzene rings is 2. The number of aromatic nitrogens is 5. The second kappa shape index (κ2) is 13.5. The molecule has 2 aromatic carbocycles. The summed E-state index contributed by atoms with van der Waals surface area (Å²) in [6, 6.07) is 16.8. The Kier molecular flexibility index (Phi) is 9.04. The highest BCUT2D eigenvalue weighted by molar-refractivity contribution is 7.71. The fourth-order valence-electron chi connectivity index (χ4n) is 8.45. The molecule has 0 unspecified atom stereocenters. The fourth-order valence-corrected chi connectivity index (χ4v) is 8.63. The van der Waals surface area contributed by atoms with Gasteiger partial charge in [-0.15, -0.1) is 0 Å². The molecule has 48 heavy (non-hydrogen) atoms. The SMILES string of the molecule is C[C@](Cc1c[nH]c2ccccc12)(NC(=O)OC1C2CC3CC(C2)CC1C3)C(=O)NC[C@H](NC(=O)CCn1[nH]nnc1=S)c1ccccc1.